The van der Waals surface area contributed by atoms with Crippen molar-refractivity contribution in [3.05, 3.63) is 69.8 Å². The number of hydrogen-bond donors (Lipinski definition) is 0. The van der Waals surface area contributed by atoms with Crippen LogP contribution in [0.25, 0.3) is 0 Å². The Morgan fingerprint density at radius 1 is 0.917 bits per heavy atom. The molecule has 2 aromatic carbocycles. The summed E-state index contributed by atoms with van der Waals surface area (Å²) in [7, 11) is 0. The lowest BCUT2D eigenvalue weighted by atomic mass is 9.93. The Morgan fingerprint density at radius 2 is 1.62 bits per heavy atom. The highest BCUT2D eigenvalue weighted by molar-refractivity contribution is 8.20. The molecule has 1 unspecified atom stereocenters. The molecule has 0 bridgehead atoms. The molecule has 0 radical (unpaired) electrons. The van der Waals surface area contributed by atoms with Crippen LogP contribution in [0.4, 0.5) is 17.6 Å². The fraction of sp³-hybridized carbons (Fsp3) is 0.333. The minimum atomic E-state index is -0.891. The van der Waals surface area contributed by atoms with Gasteiger partial charge in [0.25, 0.3) is 0 Å². The molecule has 0 N–H and O–H groups in total. The van der Waals surface area contributed by atoms with Crippen molar-refractivity contribution in [3.63, 3.8) is 0 Å². The van der Waals surface area contributed by atoms with E-state index >= 15 is 0 Å². The first-order valence-corrected chi connectivity index (χ1v) is 9.62. The lowest BCUT2D eigenvalue weighted by molar-refractivity contribution is 0.476. The Morgan fingerprint density at radius 3 is 2.33 bits per heavy atom. The van der Waals surface area contributed by atoms with Crippen molar-refractivity contribution in [2.75, 3.05) is 11.5 Å². The molecular formula is C18H14F4S2. The van der Waals surface area contributed by atoms with Gasteiger partial charge in [-0.3, -0.25) is 0 Å². The molecule has 1 aliphatic carbocycles. The van der Waals surface area contributed by atoms with Crippen LogP contribution in [-0.4, -0.2) is 11.5 Å². The lowest BCUT2D eigenvalue weighted by Crippen LogP contribution is -2.23. The van der Waals surface area contributed by atoms with Crippen LogP contribution >= 0.6 is 23.5 Å². The van der Waals surface area contributed by atoms with E-state index in [9.17, 15) is 17.6 Å². The van der Waals surface area contributed by atoms with E-state index in [2.05, 4.69) is 0 Å². The second-order valence-electron chi connectivity index (χ2n) is 6.12. The first-order valence-electron chi connectivity index (χ1n) is 7.65. The Kier molecular flexibility index (Phi) is 3.88. The first kappa shape index (κ1) is 16.3. The average Bonchev–Trinajstić information content (AvgIpc) is 3.16. The quantitative estimate of drug-likeness (QED) is 0.606. The second kappa shape index (κ2) is 5.70. The Balaban J connectivity index is 1.92. The van der Waals surface area contributed by atoms with Crippen molar-refractivity contribution in [2.45, 2.75) is 23.3 Å². The van der Waals surface area contributed by atoms with Gasteiger partial charge in [-0.15, -0.1) is 23.5 Å². The van der Waals surface area contributed by atoms with E-state index in [1.807, 2.05) is 0 Å². The number of thioether (sulfide) groups is 2. The highest BCUT2D eigenvalue weighted by Crippen LogP contribution is 2.65. The largest absolute Gasteiger partial charge is 0.204 e. The molecule has 1 aliphatic heterocycles. The van der Waals surface area contributed by atoms with Crippen molar-refractivity contribution < 1.29 is 17.6 Å². The molecule has 1 fully saturated rings. The van der Waals surface area contributed by atoms with E-state index in [1.165, 1.54) is 30.4 Å². The molecule has 1 spiro atoms. The van der Waals surface area contributed by atoms with Crippen molar-refractivity contribution in [2.24, 2.45) is 0 Å². The van der Waals surface area contributed by atoms with E-state index < -0.39 is 33.3 Å². The van der Waals surface area contributed by atoms with Crippen LogP contribution in [-0.2, 0) is 10.5 Å². The van der Waals surface area contributed by atoms with Gasteiger partial charge in [0.05, 0.1) is 4.08 Å². The van der Waals surface area contributed by atoms with Crippen molar-refractivity contribution in [3.8, 4) is 0 Å². The molecule has 1 atom stereocenters. The zero-order valence-electron chi connectivity index (χ0n) is 12.8. The maximum atomic E-state index is 14.6. The van der Waals surface area contributed by atoms with E-state index in [0.29, 0.717) is 17.5 Å². The van der Waals surface area contributed by atoms with Crippen molar-refractivity contribution in [1.29, 1.82) is 0 Å². The fourth-order valence-electron chi connectivity index (χ4n) is 3.68. The van der Waals surface area contributed by atoms with Gasteiger partial charge >= 0.3 is 0 Å². The number of rotatable bonds is 1. The zero-order chi connectivity index (χ0) is 17.1. The standard InChI is InChI=1S/C18H14F4S2/c1-9-2-4-11(16(21)15(9)20)12-8-10-3-5-13(19)17(22)14(10)18(12)23-6-7-24-18/h2-5,12H,6-8H2,1H3. The van der Waals surface area contributed by atoms with E-state index in [0.717, 1.165) is 17.6 Å². The molecule has 1 saturated heterocycles. The van der Waals surface area contributed by atoms with Gasteiger partial charge in [0, 0.05) is 23.0 Å². The number of halogens is 4. The maximum absolute atomic E-state index is 14.6. The average molecular weight is 370 g/mol. The van der Waals surface area contributed by atoms with Gasteiger partial charge in [-0.2, -0.15) is 0 Å². The molecular weight excluding hydrogens is 356 g/mol. The van der Waals surface area contributed by atoms with Gasteiger partial charge in [-0.05, 0) is 36.1 Å². The predicted molar refractivity (Wildman–Crippen MR) is 90.5 cm³/mol. The third-order valence-corrected chi connectivity index (χ3v) is 8.43. The summed E-state index contributed by atoms with van der Waals surface area (Å²) in [4.78, 5) is 0. The predicted octanol–water partition coefficient (Wildman–Crippen LogP) is 5.52. The number of fused-ring (bicyclic) bond motifs is 2. The van der Waals surface area contributed by atoms with E-state index in [4.69, 9.17) is 0 Å². The Hall–Kier alpha value is -1.14. The first-order chi connectivity index (χ1) is 11.5. The topological polar surface area (TPSA) is 0 Å². The molecule has 4 rings (SSSR count). The summed E-state index contributed by atoms with van der Waals surface area (Å²) in [5, 5.41) is 0. The summed E-state index contributed by atoms with van der Waals surface area (Å²) < 4.78 is 56.2. The summed E-state index contributed by atoms with van der Waals surface area (Å²) >= 11 is 3.01. The number of hydrogen-bond acceptors (Lipinski definition) is 2. The highest BCUT2D eigenvalue weighted by Gasteiger charge is 2.53. The van der Waals surface area contributed by atoms with Crippen LogP contribution in [0.3, 0.4) is 0 Å². The number of benzene rings is 2. The zero-order valence-corrected chi connectivity index (χ0v) is 14.5. The van der Waals surface area contributed by atoms with Crippen LogP contribution in [0.2, 0.25) is 0 Å². The van der Waals surface area contributed by atoms with E-state index in [-0.39, 0.29) is 11.1 Å². The molecule has 0 nitrogen and oxygen atoms in total. The summed E-state index contributed by atoms with van der Waals surface area (Å²) in [6.45, 7) is 1.51. The minimum absolute atomic E-state index is 0.241. The molecule has 6 heteroatoms. The molecule has 126 valence electrons. The van der Waals surface area contributed by atoms with Crippen LogP contribution in [0.5, 0.6) is 0 Å². The molecule has 0 amide bonds. The van der Waals surface area contributed by atoms with Crippen LogP contribution in [0, 0.1) is 30.2 Å². The number of aryl methyl sites for hydroxylation is 1. The van der Waals surface area contributed by atoms with Gasteiger partial charge in [-0.1, -0.05) is 18.2 Å². The maximum Gasteiger partial charge on any atom is 0.164 e. The smallest absolute Gasteiger partial charge is 0.164 e. The van der Waals surface area contributed by atoms with Crippen LogP contribution in [0.1, 0.15) is 28.2 Å². The Bertz CT molecular complexity index is 828. The lowest BCUT2D eigenvalue weighted by Gasteiger charge is -2.31. The normalized spacial score (nSPS) is 21.5. The molecule has 2 aliphatic rings. The molecule has 0 aromatic heterocycles. The molecule has 24 heavy (non-hydrogen) atoms. The summed E-state index contributed by atoms with van der Waals surface area (Å²) in [5.41, 5.74) is 1.49. The van der Waals surface area contributed by atoms with Gasteiger partial charge in [-0.25, -0.2) is 17.6 Å². The fourth-order valence-corrected chi connectivity index (χ4v) is 7.34. The van der Waals surface area contributed by atoms with E-state index in [1.54, 1.807) is 18.2 Å². The molecule has 1 heterocycles. The SMILES string of the molecule is Cc1ccc(C2Cc3ccc(F)c(F)c3C23SCCS3)c(F)c1F. The summed E-state index contributed by atoms with van der Waals surface area (Å²) in [5.74, 6) is -2.36. The van der Waals surface area contributed by atoms with Crippen molar-refractivity contribution in [1.82, 2.24) is 0 Å². The summed E-state index contributed by atoms with van der Waals surface area (Å²) in [6.07, 6.45) is 0.381. The van der Waals surface area contributed by atoms with Crippen molar-refractivity contribution >= 4 is 23.5 Å². The molecule has 0 saturated carbocycles. The van der Waals surface area contributed by atoms with Crippen LogP contribution in [0.15, 0.2) is 24.3 Å². The summed E-state index contributed by atoms with van der Waals surface area (Å²) in [6, 6.07) is 5.81. The monoisotopic (exact) mass is 370 g/mol. The third-order valence-electron chi connectivity index (χ3n) is 4.81. The minimum Gasteiger partial charge on any atom is -0.204 e. The molecule has 2 aromatic rings. The Labute approximate surface area is 146 Å². The van der Waals surface area contributed by atoms with Gasteiger partial charge in [0.1, 0.15) is 0 Å². The second-order valence-corrected chi connectivity index (χ2v) is 9.06. The van der Waals surface area contributed by atoms with Gasteiger partial charge in [0.2, 0.25) is 0 Å². The third kappa shape index (κ3) is 2.15. The highest BCUT2D eigenvalue weighted by atomic mass is 32.2. The van der Waals surface area contributed by atoms with Crippen LogP contribution < -0.4 is 0 Å². The van der Waals surface area contributed by atoms with Gasteiger partial charge in [0.15, 0.2) is 23.3 Å². The van der Waals surface area contributed by atoms with Gasteiger partial charge < -0.3 is 0 Å².